The van der Waals surface area contributed by atoms with Crippen molar-refractivity contribution in [3.05, 3.63) is 0 Å². The number of nitrogens with zero attached hydrogens (tertiary/aromatic N) is 2. The van der Waals surface area contributed by atoms with Gasteiger partial charge in [0.1, 0.15) is 0 Å². The summed E-state index contributed by atoms with van der Waals surface area (Å²) in [6, 6.07) is -0.252. The van der Waals surface area contributed by atoms with Crippen LogP contribution in [0.2, 0.25) is 0 Å². The van der Waals surface area contributed by atoms with Gasteiger partial charge in [-0.25, -0.2) is 4.79 Å². The quantitative estimate of drug-likeness (QED) is 0.712. The Bertz CT molecular complexity index is 277. The third kappa shape index (κ3) is 7.57. The van der Waals surface area contributed by atoms with E-state index in [1.165, 1.54) is 0 Å². The highest BCUT2D eigenvalue weighted by Crippen LogP contribution is 2.08. The predicted octanol–water partition coefficient (Wildman–Crippen LogP) is 0.443. The second kappa shape index (κ2) is 6.44. The molecule has 0 bridgehead atoms. The molecule has 0 aliphatic rings. The molecule has 6 heteroatoms. The Labute approximate surface area is 103 Å². The normalized spacial score (nSPS) is 11.4. The SMILES string of the molecule is CN(C)CCN(C)C(=O)NC(C)(C)CC(=O)O. The molecule has 0 radical (unpaired) electrons. The summed E-state index contributed by atoms with van der Waals surface area (Å²) >= 11 is 0. The summed E-state index contributed by atoms with van der Waals surface area (Å²) in [6.45, 7) is 4.75. The van der Waals surface area contributed by atoms with Gasteiger partial charge >= 0.3 is 12.0 Å². The lowest BCUT2D eigenvalue weighted by Crippen LogP contribution is -2.50. The van der Waals surface area contributed by atoms with Gasteiger partial charge in [0.05, 0.1) is 6.42 Å². The minimum atomic E-state index is -0.925. The number of carboxylic acids is 1. The summed E-state index contributed by atoms with van der Waals surface area (Å²) in [6.07, 6.45) is -0.0970. The van der Waals surface area contributed by atoms with E-state index >= 15 is 0 Å². The number of rotatable bonds is 6. The first-order valence-corrected chi connectivity index (χ1v) is 5.54. The molecule has 0 aromatic carbocycles. The summed E-state index contributed by atoms with van der Waals surface area (Å²) in [7, 11) is 5.55. The van der Waals surface area contributed by atoms with E-state index in [0.29, 0.717) is 6.54 Å². The number of amides is 2. The van der Waals surface area contributed by atoms with Crippen LogP contribution in [0.5, 0.6) is 0 Å². The molecule has 0 fully saturated rings. The van der Waals surface area contributed by atoms with Crippen LogP contribution in [0.3, 0.4) is 0 Å². The Hall–Kier alpha value is -1.30. The van der Waals surface area contributed by atoms with Crippen LogP contribution in [0.15, 0.2) is 0 Å². The van der Waals surface area contributed by atoms with Crippen LogP contribution >= 0.6 is 0 Å². The van der Waals surface area contributed by atoms with E-state index in [0.717, 1.165) is 6.54 Å². The van der Waals surface area contributed by atoms with Gasteiger partial charge in [-0.3, -0.25) is 4.79 Å². The molecule has 0 aromatic heterocycles. The lowest BCUT2D eigenvalue weighted by molar-refractivity contribution is -0.138. The first kappa shape index (κ1) is 15.7. The number of hydrogen-bond donors (Lipinski definition) is 2. The molecule has 0 spiro atoms. The number of carboxylic acid groups (broad SMARTS) is 1. The number of aliphatic carboxylic acids is 1. The molecule has 100 valence electrons. The van der Waals surface area contributed by atoms with Crippen LogP contribution in [-0.2, 0) is 4.79 Å². The van der Waals surface area contributed by atoms with E-state index in [4.69, 9.17) is 5.11 Å². The van der Waals surface area contributed by atoms with Crippen molar-refractivity contribution in [3.63, 3.8) is 0 Å². The fourth-order valence-corrected chi connectivity index (χ4v) is 1.26. The lowest BCUT2D eigenvalue weighted by Gasteiger charge is -2.28. The van der Waals surface area contributed by atoms with E-state index < -0.39 is 11.5 Å². The van der Waals surface area contributed by atoms with E-state index in [9.17, 15) is 9.59 Å². The highest BCUT2D eigenvalue weighted by Gasteiger charge is 2.25. The lowest BCUT2D eigenvalue weighted by atomic mass is 10.0. The zero-order chi connectivity index (χ0) is 13.6. The molecule has 2 N–H and O–H groups in total. The molecule has 17 heavy (non-hydrogen) atoms. The summed E-state index contributed by atoms with van der Waals surface area (Å²) in [5.41, 5.74) is -0.741. The highest BCUT2D eigenvalue weighted by atomic mass is 16.4. The topological polar surface area (TPSA) is 72.9 Å². The van der Waals surface area contributed by atoms with Gasteiger partial charge in [0.15, 0.2) is 0 Å². The molecule has 6 nitrogen and oxygen atoms in total. The van der Waals surface area contributed by atoms with Crippen LogP contribution in [0.25, 0.3) is 0 Å². The van der Waals surface area contributed by atoms with E-state index in [1.54, 1.807) is 25.8 Å². The molecule has 0 heterocycles. The summed E-state index contributed by atoms with van der Waals surface area (Å²) in [5.74, 6) is -0.925. The number of hydrogen-bond acceptors (Lipinski definition) is 3. The average Bonchev–Trinajstić information content (AvgIpc) is 2.10. The third-order valence-corrected chi connectivity index (χ3v) is 2.27. The van der Waals surface area contributed by atoms with Crippen molar-refractivity contribution >= 4 is 12.0 Å². The van der Waals surface area contributed by atoms with Crippen molar-refractivity contribution < 1.29 is 14.7 Å². The van der Waals surface area contributed by atoms with Crippen LogP contribution < -0.4 is 5.32 Å². The van der Waals surface area contributed by atoms with Crippen LogP contribution in [0.1, 0.15) is 20.3 Å². The smallest absolute Gasteiger partial charge is 0.317 e. The molecular formula is C11H23N3O3. The van der Waals surface area contributed by atoms with Crippen molar-refractivity contribution in [3.8, 4) is 0 Å². The van der Waals surface area contributed by atoms with Gasteiger partial charge in [0.2, 0.25) is 0 Å². The molecule has 2 amide bonds. The molecule has 0 unspecified atom stereocenters. The van der Waals surface area contributed by atoms with Gasteiger partial charge in [-0.2, -0.15) is 0 Å². The number of carbonyl (C=O) groups is 2. The number of urea groups is 1. The molecule has 0 aliphatic carbocycles. The first-order valence-electron chi connectivity index (χ1n) is 5.54. The third-order valence-electron chi connectivity index (χ3n) is 2.27. The van der Waals surface area contributed by atoms with Crippen molar-refractivity contribution in [1.82, 2.24) is 15.1 Å². The van der Waals surface area contributed by atoms with Gasteiger partial charge in [-0.05, 0) is 27.9 Å². The Kier molecular flexibility index (Phi) is 5.95. The zero-order valence-electron chi connectivity index (χ0n) is 11.3. The monoisotopic (exact) mass is 245 g/mol. The fourth-order valence-electron chi connectivity index (χ4n) is 1.26. The van der Waals surface area contributed by atoms with Crippen molar-refractivity contribution in [2.75, 3.05) is 34.2 Å². The molecule has 0 aliphatic heterocycles. The molecule has 0 saturated heterocycles. The van der Waals surface area contributed by atoms with Crippen LogP contribution in [-0.4, -0.2) is 66.7 Å². The fraction of sp³-hybridized carbons (Fsp3) is 0.818. The first-order chi connectivity index (χ1) is 7.64. The zero-order valence-corrected chi connectivity index (χ0v) is 11.3. The van der Waals surface area contributed by atoms with Crippen LogP contribution in [0.4, 0.5) is 4.79 Å². The van der Waals surface area contributed by atoms with Gasteiger partial charge in [0, 0.05) is 25.7 Å². The number of carbonyl (C=O) groups excluding carboxylic acids is 1. The van der Waals surface area contributed by atoms with Gasteiger partial charge in [0.25, 0.3) is 0 Å². The van der Waals surface area contributed by atoms with Crippen molar-refractivity contribution in [2.24, 2.45) is 0 Å². The number of likely N-dealkylation sites (N-methyl/N-ethyl adjacent to an activating group) is 2. The number of nitrogens with one attached hydrogen (secondary N) is 1. The maximum Gasteiger partial charge on any atom is 0.317 e. The Morgan fingerprint density at radius 2 is 1.71 bits per heavy atom. The van der Waals surface area contributed by atoms with Crippen molar-refractivity contribution in [2.45, 2.75) is 25.8 Å². The van der Waals surface area contributed by atoms with Gasteiger partial charge in [-0.15, -0.1) is 0 Å². The second-order valence-corrected chi connectivity index (χ2v) is 5.11. The maximum atomic E-state index is 11.8. The summed E-state index contributed by atoms with van der Waals surface area (Å²) in [4.78, 5) is 25.9. The second-order valence-electron chi connectivity index (χ2n) is 5.11. The minimum Gasteiger partial charge on any atom is -0.481 e. The Morgan fingerprint density at radius 1 is 1.18 bits per heavy atom. The van der Waals surface area contributed by atoms with Crippen molar-refractivity contribution in [1.29, 1.82) is 0 Å². The van der Waals surface area contributed by atoms with E-state index in [1.807, 2.05) is 19.0 Å². The Morgan fingerprint density at radius 3 is 2.12 bits per heavy atom. The molecule has 0 aromatic rings. The van der Waals surface area contributed by atoms with E-state index in [-0.39, 0.29) is 12.5 Å². The van der Waals surface area contributed by atoms with Crippen LogP contribution in [0, 0.1) is 0 Å². The van der Waals surface area contributed by atoms with Gasteiger partial charge in [-0.1, -0.05) is 0 Å². The largest absolute Gasteiger partial charge is 0.481 e. The Balaban J connectivity index is 4.19. The molecule has 0 saturated carbocycles. The minimum absolute atomic E-state index is 0.0970. The summed E-state index contributed by atoms with van der Waals surface area (Å²) in [5, 5.41) is 11.4. The average molecular weight is 245 g/mol. The summed E-state index contributed by atoms with van der Waals surface area (Å²) < 4.78 is 0. The molecule has 0 rings (SSSR count). The van der Waals surface area contributed by atoms with Gasteiger partial charge < -0.3 is 20.2 Å². The highest BCUT2D eigenvalue weighted by molar-refractivity contribution is 5.76. The maximum absolute atomic E-state index is 11.8. The molecular weight excluding hydrogens is 222 g/mol. The van der Waals surface area contributed by atoms with E-state index in [2.05, 4.69) is 5.32 Å². The molecule has 0 atom stereocenters. The standard InChI is InChI=1S/C11H23N3O3/c1-11(2,8-9(15)16)12-10(17)14(5)7-6-13(3)4/h6-8H2,1-5H3,(H,12,17)(H,15,16). The predicted molar refractivity (Wildman–Crippen MR) is 66.0 cm³/mol.